The summed E-state index contributed by atoms with van der Waals surface area (Å²) in [6.45, 7) is 6.54. The first-order valence-corrected chi connectivity index (χ1v) is 6.27. The van der Waals surface area contributed by atoms with Crippen molar-refractivity contribution in [2.24, 2.45) is 11.7 Å². The van der Waals surface area contributed by atoms with Crippen LogP contribution in [0, 0.1) is 5.92 Å². The van der Waals surface area contributed by atoms with Gasteiger partial charge in [-0.25, -0.2) is 0 Å². The minimum Gasteiger partial charge on any atom is -0.368 e. The molecule has 0 amide bonds. The fourth-order valence-electron chi connectivity index (χ4n) is 2.62. The van der Waals surface area contributed by atoms with Crippen LogP contribution >= 0.6 is 0 Å². The van der Waals surface area contributed by atoms with Crippen LogP contribution in [-0.4, -0.2) is 19.1 Å². The molecule has 2 nitrogen and oxygen atoms in total. The fourth-order valence-corrected chi connectivity index (χ4v) is 2.62. The Morgan fingerprint density at radius 1 is 1.44 bits per heavy atom. The summed E-state index contributed by atoms with van der Waals surface area (Å²) in [5, 5.41) is 0. The molecule has 2 atom stereocenters. The van der Waals surface area contributed by atoms with Gasteiger partial charge in [0.25, 0.3) is 0 Å². The molecule has 2 heteroatoms. The zero-order chi connectivity index (χ0) is 11.5. The van der Waals surface area contributed by atoms with Crippen molar-refractivity contribution in [3.05, 3.63) is 29.8 Å². The van der Waals surface area contributed by atoms with E-state index in [4.69, 9.17) is 5.73 Å². The van der Waals surface area contributed by atoms with E-state index >= 15 is 0 Å². The third-order valence-corrected chi connectivity index (χ3v) is 3.52. The van der Waals surface area contributed by atoms with E-state index in [1.807, 2.05) is 0 Å². The van der Waals surface area contributed by atoms with Crippen LogP contribution in [0.15, 0.2) is 24.3 Å². The summed E-state index contributed by atoms with van der Waals surface area (Å²) >= 11 is 0. The summed E-state index contributed by atoms with van der Waals surface area (Å²) in [6.07, 6.45) is 2.30. The van der Waals surface area contributed by atoms with Gasteiger partial charge in [-0.15, -0.1) is 0 Å². The molecular formula is C14H22N2. The highest BCUT2D eigenvalue weighted by Crippen LogP contribution is 2.32. The van der Waals surface area contributed by atoms with Crippen LogP contribution in [0.1, 0.15) is 25.8 Å². The van der Waals surface area contributed by atoms with Gasteiger partial charge in [0.15, 0.2) is 0 Å². The molecule has 1 heterocycles. The number of nitrogens with zero attached hydrogens (tertiary/aromatic N) is 1. The molecule has 1 aromatic rings. The molecule has 0 bridgehead atoms. The molecule has 2 unspecified atom stereocenters. The molecule has 0 saturated carbocycles. The van der Waals surface area contributed by atoms with Crippen LogP contribution in [0.5, 0.6) is 0 Å². The Hall–Kier alpha value is -1.02. The van der Waals surface area contributed by atoms with Gasteiger partial charge in [0, 0.05) is 18.3 Å². The Morgan fingerprint density at radius 2 is 2.19 bits per heavy atom. The Labute approximate surface area is 98.4 Å². The van der Waals surface area contributed by atoms with E-state index in [9.17, 15) is 0 Å². The molecule has 0 aliphatic carbocycles. The summed E-state index contributed by atoms with van der Waals surface area (Å²) in [4.78, 5) is 2.54. The second-order valence-corrected chi connectivity index (χ2v) is 5.02. The average molecular weight is 218 g/mol. The second kappa shape index (κ2) is 4.88. The number of nitrogens with two attached hydrogens (primary N) is 1. The average Bonchev–Trinajstić information content (AvgIpc) is 2.56. The maximum Gasteiger partial charge on any atom is 0.0402 e. The van der Waals surface area contributed by atoms with Crippen LogP contribution in [0.25, 0.3) is 0 Å². The Bertz CT molecular complexity index is 348. The molecule has 2 N–H and O–H groups in total. The normalized spacial score (nSPS) is 20.9. The maximum atomic E-state index is 5.61. The lowest BCUT2D eigenvalue weighted by Gasteiger charge is -2.28. The van der Waals surface area contributed by atoms with E-state index in [0.717, 1.165) is 19.5 Å². The predicted octanol–water partition coefficient (Wildman–Crippen LogP) is 2.42. The molecule has 0 spiro atoms. The summed E-state index contributed by atoms with van der Waals surface area (Å²) in [7, 11) is 0. The Balaban J connectivity index is 2.10. The molecule has 0 fully saturated rings. The van der Waals surface area contributed by atoms with Gasteiger partial charge in [-0.2, -0.15) is 0 Å². The lowest BCUT2D eigenvalue weighted by Crippen LogP contribution is -2.34. The number of rotatable bonds is 4. The van der Waals surface area contributed by atoms with Crippen molar-refractivity contribution in [1.82, 2.24) is 0 Å². The van der Waals surface area contributed by atoms with Crippen molar-refractivity contribution >= 4 is 5.69 Å². The molecule has 1 aliphatic heterocycles. The zero-order valence-electron chi connectivity index (χ0n) is 10.3. The van der Waals surface area contributed by atoms with Gasteiger partial charge >= 0.3 is 0 Å². The number of hydrogen-bond acceptors (Lipinski definition) is 2. The van der Waals surface area contributed by atoms with Gasteiger partial charge in [0.2, 0.25) is 0 Å². The van der Waals surface area contributed by atoms with Crippen LogP contribution in [0.3, 0.4) is 0 Å². The minimum absolute atomic E-state index is 0.637. The molecule has 2 rings (SSSR count). The van der Waals surface area contributed by atoms with Crippen LogP contribution < -0.4 is 10.6 Å². The van der Waals surface area contributed by atoms with Gasteiger partial charge < -0.3 is 10.6 Å². The first kappa shape index (κ1) is 11.5. The second-order valence-electron chi connectivity index (χ2n) is 5.02. The van der Waals surface area contributed by atoms with Gasteiger partial charge in [-0.05, 0) is 43.9 Å². The van der Waals surface area contributed by atoms with Crippen LogP contribution in [0.4, 0.5) is 5.69 Å². The van der Waals surface area contributed by atoms with Gasteiger partial charge in [0.05, 0.1) is 0 Å². The van der Waals surface area contributed by atoms with E-state index in [1.54, 1.807) is 0 Å². The first-order chi connectivity index (χ1) is 7.72. The highest BCUT2D eigenvalue weighted by molar-refractivity contribution is 5.59. The molecule has 0 aromatic heterocycles. The number of para-hydroxylation sites is 1. The van der Waals surface area contributed by atoms with E-state index in [0.29, 0.717) is 12.0 Å². The van der Waals surface area contributed by atoms with Gasteiger partial charge in [-0.1, -0.05) is 25.1 Å². The quantitative estimate of drug-likeness (QED) is 0.841. The summed E-state index contributed by atoms with van der Waals surface area (Å²) in [5.41, 5.74) is 8.54. The topological polar surface area (TPSA) is 29.3 Å². The van der Waals surface area contributed by atoms with E-state index in [-0.39, 0.29) is 0 Å². The maximum absolute atomic E-state index is 5.61. The smallest absolute Gasteiger partial charge is 0.0402 e. The molecule has 1 aliphatic rings. The van der Waals surface area contributed by atoms with E-state index < -0.39 is 0 Å². The first-order valence-electron chi connectivity index (χ1n) is 6.27. The lowest BCUT2D eigenvalue weighted by molar-refractivity contribution is 0.506. The summed E-state index contributed by atoms with van der Waals surface area (Å²) < 4.78 is 0. The van der Waals surface area contributed by atoms with E-state index in [2.05, 4.69) is 43.0 Å². The number of hydrogen-bond donors (Lipinski definition) is 1. The van der Waals surface area contributed by atoms with Crippen molar-refractivity contribution in [3.8, 4) is 0 Å². The van der Waals surface area contributed by atoms with Crippen molar-refractivity contribution < 1.29 is 0 Å². The lowest BCUT2D eigenvalue weighted by atomic mass is 10.1. The highest BCUT2D eigenvalue weighted by atomic mass is 15.2. The molecular weight excluding hydrogens is 196 g/mol. The minimum atomic E-state index is 0.637. The number of benzene rings is 1. The number of anilines is 1. The van der Waals surface area contributed by atoms with Crippen molar-refractivity contribution in [2.75, 3.05) is 18.0 Å². The van der Waals surface area contributed by atoms with Crippen LogP contribution in [-0.2, 0) is 6.42 Å². The largest absolute Gasteiger partial charge is 0.368 e. The Kier molecular flexibility index (Phi) is 3.49. The number of fused-ring (bicyclic) bond motifs is 1. The summed E-state index contributed by atoms with van der Waals surface area (Å²) in [6, 6.07) is 9.40. The predicted molar refractivity (Wildman–Crippen MR) is 69.8 cm³/mol. The molecule has 1 aromatic carbocycles. The SMILES string of the molecule is CC(CCN)CN1c2ccccc2CC1C. The standard InChI is InChI=1S/C14H22N2/c1-11(7-8-15)10-16-12(2)9-13-5-3-4-6-14(13)16/h3-6,11-12H,7-10,15H2,1-2H3. The third kappa shape index (κ3) is 2.22. The molecule has 0 radical (unpaired) electrons. The zero-order valence-corrected chi connectivity index (χ0v) is 10.3. The molecule has 88 valence electrons. The fraction of sp³-hybridized carbons (Fsp3) is 0.571. The summed E-state index contributed by atoms with van der Waals surface area (Å²) in [5.74, 6) is 0.679. The monoisotopic (exact) mass is 218 g/mol. The van der Waals surface area contributed by atoms with Crippen molar-refractivity contribution in [3.63, 3.8) is 0 Å². The highest BCUT2D eigenvalue weighted by Gasteiger charge is 2.26. The molecule has 16 heavy (non-hydrogen) atoms. The Morgan fingerprint density at radius 3 is 2.94 bits per heavy atom. The van der Waals surface area contributed by atoms with Crippen molar-refractivity contribution in [2.45, 2.75) is 32.7 Å². The van der Waals surface area contributed by atoms with Crippen LogP contribution in [0.2, 0.25) is 0 Å². The molecule has 0 saturated heterocycles. The third-order valence-electron chi connectivity index (χ3n) is 3.52. The van der Waals surface area contributed by atoms with Gasteiger partial charge in [0.1, 0.15) is 0 Å². The van der Waals surface area contributed by atoms with Crippen molar-refractivity contribution in [1.29, 1.82) is 0 Å². The van der Waals surface area contributed by atoms with E-state index in [1.165, 1.54) is 17.7 Å². The van der Waals surface area contributed by atoms with Gasteiger partial charge in [-0.3, -0.25) is 0 Å².